The van der Waals surface area contributed by atoms with E-state index in [1.54, 1.807) is 6.07 Å². The molecule has 1 aromatic heterocycles. The lowest BCUT2D eigenvalue weighted by molar-refractivity contribution is 0.412. The van der Waals surface area contributed by atoms with E-state index in [4.69, 9.17) is 9.15 Å². The van der Waals surface area contributed by atoms with Gasteiger partial charge < -0.3 is 14.5 Å². The fourth-order valence-electron chi connectivity index (χ4n) is 1.47. The molecule has 0 bridgehead atoms. The van der Waals surface area contributed by atoms with Crippen molar-refractivity contribution in [2.24, 2.45) is 0 Å². The van der Waals surface area contributed by atoms with Crippen molar-refractivity contribution in [2.75, 3.05) is 12.4 Å². The number of nitrogens with one attached hydrogen (secondary N) is 1. The first-order valence-corrected chi connectivity index (χ1v) is 6.70. The van der Waals surface area contributed by atoms with E-state index in [9.17, 15) is 4.39 Å². The summed E-state index contributed by atoms with van der Waals surface area (Å²) >= 11 is 6.60. The number of ether oxygens (including phenoxy) is 1. The number of furan rings is 1. The van der Waals surface area contributed by atoms with Crippen LogP contribution in [0.4, 0.5) is 10.1 Å². The molecule has 0 aliphatic rings. The number of methoxy groups -OCH3 is 1. The van der Waals surface area contributed by atoms with Gasteiger partial charge in [-0.15, -0.1) is 0 Å². The maximum atomic E-state index is 13.0. The summed E-state index contributed by atoms with van der Waals surface area (Å²) in [5, 5.41) is 3.12. The molecule has 2 rings (SSSR count). The Hall–Kier alpha value is -1.01. The molecule has 0 saturated carbocycles. The molecule has 18 heavy (non-hydrogen) atoms. The molecule has 0 unspecified atom stereocenters. The fraction of sp³-hybridized carbons (Fsp3) is 0.167. The first-order chi connectivity index (χ1) is 8.60. The largest absolute Gasteiger partial charge is 0.494 e. The molecule has 0 radical (unpaired) electrons. The summed E-state index contributed by atoms with van der Waals surface area (Å²) in [6.45, 7) is 0.478. The molecule has 0 saturated heterocycles. The number of anilines is 1. The SMILES string of the molecule is COc1cc(F)ccc1NCc1cc(Br)c(Br)o1. The Morgan fingerprint density at radius 2 is 2.11 bits per heavy atom. The van der Waals surface area contributed by atoms with Crippen LogP contribution in [0.1, 0.15) is 5.76 Å². The van der Waals surface area contributed by atoms with Crippen molar-refractivity contribution in [3.63, 3.8) is 0 Å². The summed E-state index contributed by atoms with van der Waals surface area (Å²) in [4.78, 5) is 0. The van der Waals surface area contributed by atoms with E-state index in [-0.39, 0.29) is 5.82 Å². The van der Waals surface area contributed by atoms with Crippen LogP contribution in [-0.4, -0.2) is 7.11 Å². The minimum absolute atomic E-state index is 0.333. The molecule has 0 fully saturated rings. The van der Waals surface area contributed by atoms with Crippen molar-refractivity contribution < 1.29 is 13.5 Å². The fourth-order valence-corrected chi connectivity index (χ4v) is 2.13. The van der Waals surface area contributed by atoms with Crippen LogP contribution in [0.2, 0.25) is 0 Å². The quantitative estimate of drug-likeness (QED) is 0.846. The van der Waals surface area contributed by atoms with E-state index in [1.807, 2.05) is 6.07 Å². The van der Waals surface area contributed by atoms with Crippen LogP contribution in [0.25, 0.3) is 0 Å². The summed E-state index contributed by atoms with van der Waals surface area (Å²) < 4.78 is 25.0. The molecule has 1 aromatic carbocycles. The van der Waals surface area contributed by atoms with Gasteiger partial charge in [0.25, 0.3) is 0 Å². The molecule has 0 amide bonds. The van der Waals surface area contributed by atoms with Crippen LogP contribution in [0.5, 0.6) is 5.75 Å². The number of rotatable bonds is 4. The highest BCUT2D eigenvalue weighted by atomic mass is 79.9. The standard InChI is InChI=1S/C12H10Br2FNO2/c1-17-11-4-7(15)2-3-10(11)16-6-8-5-9(13)12(14)18-8/h2-5,16H,6H2,1H3. The van der Waals surface area contributed by atoms with Crippen molar-refractivity contribution in [3.05, 3.63) is 45.0 Å². The summed E-state index contributed by atoms with van der Waals surface area (Å²) in [6.07, 6.45) is 0. The summed E-state index contributed by atoms with van der Waals surface area (Å²) in [5.74, 6) is 0.876. The first-order valence-electron chi connectivity index (χ1n) is 5.11. The number of hydrogen-bond donors (Lipinski definition) is 1. The third kappa shape index (κ3) is 3.05. The van der Waals surface area contributed by atoms with Gasteiger partial charge in [-0.1, -0.05) is 0 Å². The molecule has 0 spiro atoms. The van der Waals surface area contributed by atoms with Gasteiger partial charge in [0.1, 0.15) is 17.3 Å². The number of hydrogen-bond acceptors (Lipinski definition) is 3. The lowest BCUT2D eigenvalue weighted by atomic mass is 10.2. The second-order valence-corrected chi connectivity index (χ2v) is 5.11. The molecule has 1 heterocycles. The Bertz CT molecular complexity index is 538. The number of benzene rings is 1. The first kappa shape index (κ1) is 13.4. The van der Waals surface area contributed by atoms with Crippen molar-refractivity contribution in [2.45, 2.75) is 6.54 Å². The van der Waals surface area contributed by atoms with E-state index in [0.29, 0.717) is 22.7 Å². The molecular weight excluding hydrogens is 369 g/mol. The summed E-state index contributed by atoms with van der Waals surface area (Å²) in [6, 6.07) is 6.18. The zero-order valence-corrected chi connectivity index (χ0v) is 12.6. The second kappa shape index (κ2) is 5.75. The average Bonchev–Trinajstić information content (AvgIpc) is 2.67. The molecule has 1 N–H and O–H groups in total. The van der Waals surface area contributed by atoms with Crippen LogP contribution in [0.15, 0.2) is 37.8 Å². The normalized spacial score (nSPS) is 10.4. The molecule has 2 aromatic rings. The average molecular weight is 379 g/mol. The lowest BCUT2D eigenvalue weighted by Gasteiger charge is -2.09. The van der Waals surface area contributed by atoms with Crippen LogP contribution < -0.4 is 10.1 Å². The molecule has 0 aliphatic carbocycles. The Balaban J connectivity index is 2.10. The maximum absolute atomic E-state index is 13.0. The van der Waals surface area contributed by atoms with E-state index < -0.39 is 0 Å². The molecule has 6 heteroatoms. The molecule has 96 valence electrons. The summed E-state index contributed by atoms with van der Waals surface area (Å²) in [7, 11) is 1.50. The molecular formula is C12H10Br2FNO2. The smallest absolute Gasteiger partial charge is 0.183 e. The van der Waals surface area contributed by atoms with Crippen molar-refractivity contribution in [3.8, 4) is 5.75 Å². The monoisotopic (exact) mass is 377 g/mol. The zero-order valence-electron chi connectivity index (χ0n) is 9.47. The van der Waals surface area contributed by atoms with Gasteiger partial charge in [0, 0.05) is 6.07 Å². The molecule has 3 nitrogen and oxygen atoms in total. The summed E-state index contributed by atoms with van der Waals surface area (Å²) in [5.41, 5.74) is 0.711. The van der Waals surface area contributed by atoms with Gasteiger partial charge in [0.15, 0.2) is 4.67 Å². The number of halogens is 3. The third-order valence-electron chi connectivity index (χ3n) is 2.31. The van der Waals surface area contributed by atoms with Gasteiger partial charge >= 0.3 is 0 Å². The lowest BCUT2D eigenvalue weighted by Crippen LogP contribution is -2.00. The van der Waals surface area contributed by atoms with Gasteiger partial charge in [-0.2, -0.15) is 0 Å². The van der Waals surface area contributed by atoms with Gasteiger partial charge in [0.05, 0.1) is 23.8 Å². The van der Waals surface area contributed by atoms with E-state index >= 15 is 0 Å². The topological polar surface area (TPSA) is 34.4 Å². The second-order valence-electron chi connectivity index (χ2n) is 3.53. The predicted octanol–water partition coefficient (Wildman–Crippen LogP) is 4.56. The van der Waals surface area contributed by atoms with Gasteiger partial charge in [-0.05, 0) is 50.1 Å². The van der Waals surface area contributed by atoms with Crippen LogP contribution >= 0.6 is 31.9 Å². The van der Waals surface area contributed by atoms with Crippen LogP contribution in [-0.2, 0) is 6.54 Å². The van der Waals surface area contributed by atoms with E-state index in [1.165, 1.54) is 19.2 Å². The highest BCUT2D eigenvalue weighted by Gasteiger charge is 2.08. The maximum Gasteiger partial charge on any atom is 0.183 e. The van der Waals surface area contributed by atoms with Crippen LogP contribution in [0.3, 0.4) is 0 Å². The van der Waals surface area contributed by atoms with Gasteiger partial charge in [-0.25, -0.2) is 4.39 Å². The van der Waals surface area contributed by atoms with Crippen molar-refractivity contribution in [1.82, 2.24) is 0 Å². The molecule has 0 aliphatic heterocycles. The minimum atomic E-state index is -0.333. The third-order valence-corrected chi connectivity index (χ3v) is 4.02. The predicted molar refractivity (Wildman–Crippen MR) is 74.4 cm³/mol. The van der Waals surface area contributed by atoms with Crippen LogP contribution in [0, 0.1) is 5.82 Å². The van der Waals surface area contributed by atoms with E-state index in [0.717, 1.165) is 10.2 Å². The Kier molecular flexibility index (Phi) is 4.29. The minimum Gasteiger partial charge on any atom is -0.494 e. The van der Waals surface area contributed by atoms with Gasteiger partial charge in [0.2, 0.25) is 0 Å². The van der Waals surface area contributed by atoms with E-state index in [2.05, 4.69) is 37.2 Å². The Morgan fingerprint density at radius 3 is 2.72 bits per heavy atom. The van der Waals surface area contributed by atoms with Crippen molar-refractivity contribution >= 4 is 37.5 Å². The Morgan fingerprint density at radius 1 is 1.33 bits per heavy atom. The van der Waals surface area contributed by atoms with Crippen molar-refractivity contribution in [1.29, 1.82) is 0 Å². The zero-order chi connectivity index (χ0) is 13.1. The highest BCUT2D eigenvalue weighted by Crippen LogP contribution is 2.29. The molecule has 0 atom stereocenters. The Labute approximate surface area is 121 Å². The van der Waals surface area contributed by atoms with Gasteiger partial charge in [-0.3, -0.25) is 0 Å². The highest BCUT2D eigenvalue weighted by molar-refractivity contribution is 9.13.